The molecular weight excluding hydrogens is 306 g/mol. The summed E-state index contributed by atoms with van der Waals surface area (Å²) in [4.78, 5) is 20.1. The summed E-state index contributed by atoms with van der Waals surface area (Å²) < 4.78 is 1.94. The molecule has 0 aliphatic heterocycles. The lowest BCUT2D eigenvalue weighted by Crippen LogP contribution is -2.33. The molecule has 128 valence electrons. The number of hydrogen-bond donors (Lipinski definition) is 3. The predicted octanol–water partition coefficient (Wildman–Crippen LogP) is 2.41. The van der Waals surface area contributed by atoms with Gasteiger partial charge in [0.2, 0.25) is 5.95 Å². The molecule has 1 fully saturated rings. The summed E-state index contributed by atoms with van der Waals surface area (Å²) in [6, 6.07) is 3.75. The fourth-order valence-electron chi connectivity index (χ4n) is 2.93. The average Bonchev–Trinajstić information content (AvgIpc) is 3.08. The van der Waals surface area contributed by atoms with Crippen LogP contribution in [0.25, 0.3) is 0 Å². The van der Waals surface area contributed by atoms with Crippen molar-refractivity contribution in [3.8, 4) is 0 Å². The van der Waals surface area contributed by atoms with Gasteiger partial charge in [-0.3, -0.25) is 5.32 Å². The quantitative estimate of drug-likeness (QED) is 0.707. The van der Waals surface area contributed by atoms with Gasteiger partial charge in [0, 0.05) is 31.5 Å². The van der Waals surface area contributed by atoms with Gasteiger partial charge in [-0.1, -0.05) is 19.3 Å². The van der Waals surface area contributed by atoms with Crippen molar-refractivity contribution in [3.63, 3.8) is 0 Å². The van der Waals surface area contributed by atoms with Crippen LogP contribution in [0.1, 0.15) is 38.1 Å². The van der Waals surface area contributed by atoms with Crippen molar-refractivity contribution in [2.75, 3.05) is 23.7 Å². The van der Waals surface area contributed by atoms with E-state index in [1.165, 1.54) is 19.3 Å². The van der Waals surface area contributed by atoms with Crippen molar-refractivity contribution >= 4 is 17.8 Å². The standard InChI is InChI=1S/C16H23N7O/c24-16(20-12-11-19-15-17-8-4-9-18-15)22-14-7-10-21-23(14)13-5-2-1-3-6-13/h4,7-10,13H,1-3,5-6,11-12H2,(H,17,18,19)(H2,20,22,24). The first kappa shape index (κ1) is 16.2. The topological polar surface area (TPSA) is 96.8 Å². The van der Waals surface area contributed by atoms with E-state index in [4.69, 9.17) is 0 Å². The van der Waals surface area contributed by atoms with Crippen LogP contribution in [0.3, 0.4) is 0 Å². The number of amides is 2. The second-order valence-electron chi connectivity index (χ2n) is 5.83. The van der Waals surface area contributed by atoms with Crippen LogP contribution in [0, 0.1) is 0 Å². The van der Waals surface area contributed by atoms with Crippen molar-refractivity contribution in [1.82, 2.24) is 25.1 Å². The van der Waals surface area contributed by atoms with Crippen molar-refractivity contribution < 1.29 is 4.79 Å². The van der Waals surface area contributed by atoms with E-state index in [2.05, 4.69) is 31.0 Å². The molecule has 3 N–H and O–H groups in total. The molecule has 0 saturated heterocycles. The Morgan fingerprint density at radius 2 is 1.92 bits per heavy atom. The van der Waals surface area contributed by atoms with Crippen molar-refractivity contribution in [3.05, 3.63) is 30.7 Å². The maximum absolute atomic E-state index is 12.0. The molecule has 1 aliphatic rings. The molecule has 0 radical (unpaired) electrons. The molecule has 0 unspecified atom stereocenters. The first-order chi connectivity index (χ1) is 11.8. The Kier molecular flexibility index (Phi) is 5.60. The minimum Gasteiger partial charge on any atom is -0.352 e. The van der Waals surface area contributed by atoms with Gasteiger partial charge >= 0.3 is 6.03 Å². The van der Waals surface area contributed by atoms with Gasteiger partial charge in [0.15, 0.2) is 0 Å². The molecule has 0 aromatic carbocycles. The van der Waals surface area contributed by atoms with E-state index in [1.807, 2.05) is 10.7 Å². The van der Waals surface area contributed by atoms with Gasteiger partial charge < -0.3 is 10.6 Å². The molecule has 3 rings (SSSR count). The van der Waals surface area contributed by atoms with E-state index in [0.29, 0.717) is 25.1 Å². The van der Waals surface area contributed by atoms with Crippen molar-refractivity contribution in [1.29, 1.82) is 0 Å². The zero-order chi connectivity index (χ0) is 16.6. The van der Waals surface area contributed by atoms with E-state index in [-0.39, 0.29) is 6.03 Å². The lowest BCUT2D eigenvalue weighted by atomic mass is 9.96. The Hall–Kier alpha value is -2.64. The fraction of sp³-hybridized carbons (Fsp3) is 0.500. The molecule has 2 amide bonds. The van der Waals surface area contributed by atoms with Crippen LogP contribution in [-0.2, 0) is 0 Å². The summed E-state index contributed by atoms with van der Waals surface area (Å²) in [5.74, 6) is 1.30. The number of anilines is 2. The maximum atomic E-state index is 12.0. The molecule has 0 bridgehead atoms. The van der Waals surface area contributed by atoms with Crippen LogP contribution in [-0.4, -0.2) is 38.9 Å². The van der Waals surface area contributed by atoms with Gasteiger partial charge in [0.25, 0.3) is 0 Å². The average molecular weight is 329 g/mol. The number of rotatable bonds is 6. The molecule has 2 aromatic heterocycles. The van der Waals surface area contributed by atoms with E-state index < -0.39 is 0 Å². The molecule has 1 aliphatic carbocycles. The van der Waals surface area contributed by atoms with E-state index in [1.54, 1.807) is 24.7 Å². The van der Waals surface area contributed by atoms with Crippen LogP contribution in [0.4, 0.5) is 16.6 Å². The Morgan fingerprint density at radius 3 is 2.71 bits per heavy atom. The molecule has 0 atom stereocenters. The smallest absolute Gasteiger partial charge is 0.320 e. The SMILES string of the molecule is O=C(NCCNc1ncccn1)Nc1ccnn1C1CCCCC1. The zero-order valence-electron chi connectivity index (χ0n) is 13.6. The molecule has 24 heavy (non-hydrogen) atoms. The fourth-order valence-corrected chi connectivity index (χ4v) is 2.93. The molecule has 2 heterocycles. The molecule has 8 nitrogen and oxygen atoms in total. The third-order valence-electron chi connectivity index (χ3n) is 4.09. The highest BCUT2D eigenvalue weighted by Gasteiger charge is 2.18. The molecule has 1 saturated carbocycles. The summed E-state index contributed by atoms with van der Waals surface area (Å²) in [6.07, 6.45) is 11.1. The zero-order valence-corrected chi connectivity index (χ0v) is 13.6. The summed E-state index contributed by atoms with van der Waals surface area (Å²) in [6.45, 7) is 1.03. The van der Waals surface area contributed by atoms with Crippen molar-refractivity contribution in [2.45, 2.75) is 38.1 Å². The Balaban J connectivity index is 1.43. The van der Waals surface area contributed by atoms with Crippen LogP contribution in [0.2, 0.25) is 0 Å². The number of nitrogens with zero attached hydrogens (tertiary/aromatic N) is 4. The highest BCUT2D eigenvalue weighted by molar-refractivity contribution is 5.88. The third-order valence-corrected chi connectivity index (χ3v) is 4.09. The van der Waals surface area contributed by atoms with Crippen LogP contribution < -0.4 is 16.0 Å². The Bertz CT molecular complexity index is 637. The number of urea groups is 1. The van der Waals surface area contributed by atoms with Gasteiger partial charge in [-0.05, 0) is 18.9 Å². The number of carbonyl (C=O) groups excluding carboxylic acids is 1. The van der Waals surface area contributed by atoms with Gasteiger partial charge in [-0.15, -0.1) is 0 Å². The molecular formula is C16H23N7O. The summed E-state index contributed by atoms with van der Waals surface area (Å²) in [7, 11) is 0. The number of carbonyl (C=O) groups is 1. The third kappa shape index (κ3) is 4.43. The van der Waals surface area contributed by atoms with Crippen LogP contribution in [0.5, 0.6) is 0 Å². The maximum Gasteiger partial charge on any atom is 0.320 e. The van der Waals surface area contributed by atoms with Crippen LogP contribution in [0.15, 0.2) is 30.7 Å². The minimum absolute atomic E-state index is 0.233. The normalized spacial score (nSPS) is 15.0. The minimum atomic E-state index is -0.233. The lowest BCUT2D eigenvalue weighted by molar-refractivity contribution is 0.252. The monoisotopic (exact) mass is 329 g/mol. The van der Waals surface area contributed by atoms with E-state index in [0.717, 1.165) is 18.7 Å². The highest BCUT2D eigenvalue weighted by Crippen LogP contribution is 2.29. The molecule has 0 spiro atoms. The van der Waals surface area contributed by atoms with Gasteiger partial charge in [-0.25, -0.2) is 19.4 Å². The predicted molar refractivity (Wildman–Crippen MR) is 91.9 cm³/mol. The number of nitrogens with one attached hydrogen (secondary N) is 3. The highest BCUT2D eigenvalue weighted by atomic mass is 16.2. The second-order valence-corrected chi connectivity index (χ2v) is 5.83. The molecule has 8 heteroatoms. The first-order valence-electron chi connectivity index (χ1n) is 8.42. The Morgan fingerprint density at radius 1 is 1.12 bits per heavy atom. The Labute approximate surface area is 141 Å². The van der Waals surface area contributed by atoms with Crippen molar-refractivity contribution in [2.24, 2.45) is 0 Å². The number of aromatic nitrogens is 4. The second kappa shape index (κ2) is 8.28. The largest absolute Gasteiger partial charge is 0.352 e. The first-order valence-corrected chi connectivity index (χ1v) is 8.42. The number of hydrogen-bond acceptors (Lipinski definition) is 5. The summed E-state index contributed by atoms with van der Waals surface area (Å²) >= 11 is 0. The van der Waals surface area contributed by atoms with Crippen LogP contribution >= 0.6 is 0 Å². The van der Waals surface area contributed by atoms with E-state index >= 15 is 0 Å². The van der Waals surface area contributed by atoms with E-state index in [9.17, 15) is 4.79 Å². The van der Waals surface area contributed by atoms with Gasteiger partial charge in [0.1, 0.15) is 5.82 Å². The lowest BCUT2D eigenvalue weighted by Gasteiger charge is -2.23. The summed E-state index contributed by atoms with van der Waals surface area (Å²) in [5, 5.41) is 13.1. The van der Waals surface area contributed by atoms with Gasteiger partial charge in [0.05, 0.1) is 12.2 Å². The molecule has 2 aromatic rings. The van der Waals surface area contributed by atoms with Gasteiger partial charge in [-0.2, -0.15) is 5.10 Å². The summed E-state index contributed by atoms with van der Waals surface area (Å²) in [5.41, 5.74) is 0.